The molecule has 2 aromatic rings. The summed E-state index contributed by atoms with van der Waals surface area (Å²) in [6.07, 6.45) is 3.15. The van der Waals surface area contributed by atoms with Gasteiger partial charge in [0.05, 0.1) is 5.60 Å². The smallest absolute Gasteiger partial charge is 0.253 e. The molecule has 3 nitrogen and oxygen atoms in total. The van der Waals surface area contributed by atoms with Crippen molar-refractivity contribution in [2.24, 2.45) is 0 Å². The van der Waals surface area contributed by atoms with Gasteiger partial charge in [0.1, 0.15) is 0 Å². The van der Waals surface area contributed by atoms with Crippen molar-refractivity contribution in [1.82, 2.24) is 4.90 Å². The minimum atomic E-state index is -0.581. The number of hydrogen-bond donors (Lipinski definition) is 1. The fraction of sp³-hybridized carbons (Fsp3) is 0.381. The summed E-state index contributed by atoms with van der Waals surface area (Å²) in [5.74, 6) is 0.0631. The number of rotatable bonds is 4. The fourth-order valence-electron chi connectivity index (χ4n) is 3.46. The van der Waals surface area contributed by atoms with Gasteiger partial charge in [-0.3, -0.25) is 4.79 Å². The number of likely N-dealkylation sites (tertiary alicyclic amines) is 1. The van der Waals surface area contributed by atoms with E-state index in [9.17, 15) is 9.90 Å². The average molecular weight is 323 g/mol. The van der Waals surface area contributed by atoms with Gasteiger partial charge in [-0.05, 0) is 42.5 Å². The second-order valence-electron chi connectivity index (χ2n) is 6.71. The van der Waals surface area contributed by atoms with Crippen molar-refractivity contribution in [1.29, 1.82) is 0 Å². The molecule has 0 atom stereocenters. The number of nitrogens with zero attached hydrogens (tertiary/aromatic N) is 1. The molecular weight excluding hydrogens is 298 g/mol. The Morgan fingerprint density at radius 2 is 1.58 bits per heavy atom. The molecule has 1 saturated heterocycles. The third-order valence-corrected chi connectivity index (χ3v) is 4.94. The van der Waals surface area contributed by atoms with Crippen LogP contribution in [0.15, 0.2) is 54.6 Å². The van der Waals surface area contributed by atoms with E-state index in [0.29, 0.717) is 25.9 Å². The Labute approximate surface area is 143 Å². The average Bonchev–Trinajstić information content (AvgIpc) is 2.63. The SMILES string of the molecule is CCCC1(O)CCN(C(=O)c2ccc(-c3ccccc3)cc2)CC1. The molecule has 1 heterocycles. The largest absolute Gasteiger partial charge is 0.390 e. The Kier molecular flexibility index (Phi) is 5.00. The van der Waals surface area contributed by atoms with E-state index < -0.39 is 5.60 Å². The van der Waals surface area contributed by atoms with Crippen molar-refractivity contribution < 1.29 is 9.90 Å². The number of benzene rings is 2. The zero-order valence-corrected chi connectivity index (χ0v) is 14.2. The van der Waals surface area contributed by atoms with Crippen molar-refractivity contribution in [3.63, 3.8) is 0 Å². The first-order valence-electron chi connectivity index (χ1n) is 8.78. The second kappa shape index (κ2) is 7.18. The lowest BCUT2D eigenvalue weighted by molar-refractivity contribution is -0.0233. The van der Waals surface area contributed by atoms with Crippen LogP contribution in [0, 0.1) is 0 Å². The monoisotopic (exact) mass is 323 g/mol. The number of carbonyl (C=O) groups is 1. The molecule has 0 spiro atoms. The van der Waals surface area contributed by atoms with Crippen LogP contribution in [0.5, 0.6) is 0 Å². The van der Waals surface area contributed by atoms with Crippen LogP contribution in [0.4, 0.5) is 0 Å². The summed E-state index contributed by atoms with van der Waals surface area (Å²) < 4.78 is 0. The number of aliphatic hydroxyl groups is 1. The van der Waals surface area contributed by atoms with Gasteiger partial charge < -0.3 is 10.0 Å². The van der Waals surface area contributed by atoms with Crippen LogP contribution in [0.25, 0.3) is 11.1 Å². The highest BCUT2D eigenvalue weighted by atomic mass is 16.3. The van der Waals surface area contributed by atoms with Crippen molar-refractivity contribution in [2.45, 2.75) is 38.2 Å². The molecule has 0 aliphatic carbocycles. The van der Waals surface area contributed by atoms with E-state index in [-0.39, 0.29) is 5.91 Å². The van der Waals surface area contributed by atoms with Crippen molar-refractivity contribution >= 4 is 5.91 Å². The van der Waals surface area contributed by atoms with Gasteiger partial charge in [-0.25, -0.2) is 0 Å². The van der Waals surface area contributed by atoms with Crippen molar-refractivity contribution in [3.8, 4) is 11.1 Å². The van der Waals surface area contributed by atoms with Crippen LogP contribution in [0.2, 0.25) is 0 Å². The van der Waals surface area contributed by atoms with Crippen LogP contribution < -0.4 is 0 Å². The summed E-state index contributed by atoms with van der Waals surface area (Å²) in [5.41, 5.74) is 2.40. The van der Waals surface area contributed by atoms with Gasteiger partial charge in [0.15, 0.2) is 0 Å². The fourth-order valence-corrected chi connectivity index (χ4v) is 3.46. The van der Waals surface area contributed by atoms with Gasteiger partial charge in [0.2, 0.25) is 0 Å². The molecule has 3 rings (SSSR count). The zero-order valence-electron chi connectivity index (χ0n) is 14.2. The lowest BCUT2D eigenvalue weighted by Crippen LogP contribution is -2.46. The molecule has 2 aromatic carbocycles. The predicted molar refractivity (Wildman–Crippen MR) is 96.9 cm³/mol. The van der Waals surface area contributed by atoms with E-state index in [1.807, 2.05) is 47.4 Å². The number of hydrogen-bond acceptors (Lipinski definition) is 2. The van der Waals surface area contributed by atoms with Gasteiger partial charge in [0.25, 0.3) is 5.91 Å². The van der Waals surface area contributed by atoms with Gasteiger partial charge in [-0.1, -0.05) is 55.8 Å². The third-order valence-electron chi connectivity index (χ3n) is 4.94. The van der Waals surface area contributed by atoms with E-state index in [1.54, 1.807) is 0 Å². The van der Waals surface area contributed by atoms with Gasteiger partial charge in [0, 0.05) is 18.7 Å². The molecule has 1 aliphatic rings. The highest BCUT2D eigenvalue weighted by Crippen LogP contribution is 2.28. The van der Waals surface area contributed by atoms with E-state index in [2.05, 4.69) is 19.1 Å². The number of carbonyl (C=O) groups excluding carboxylic acids is 1. The molecule has 0 bridgehead atoms. The molecule has 0 saturated carbocycles. The molecule has 1 N–H and O–H groups in total. The maximum absolute atomic E-state index is 12.7. The quantitative estimate of drug-likeness (QED) is 0.919. The first-order chi connectivity index (χ1) is 11.6. The Morgan fingerprint density at radius 3 is 2.17 bits per heavy atom. The molecule has 0 radical (unpaired) electrons. The molecule has 1 fully saturated rings. The Balaban J connectivity index is 1.66. The molecule has 0 aromatic heterocycles. The maximum atomic E-state index is 12.7. The van der Waals surface area contributed by atoms with Crippen LogP contribution in [-0.2, 0) is 0 Å². The van der Waals surface area contributed by atoms with Crippen LogP contribution in [-0.4, -0.2) is 34.6 Å². The normalized spacial score (nSPS) is 16.8. The third kappa shape index (κ3) is 3.68. The van der Waals surface area contributed by atoms with Crippen LogP contribution in [0.3, 0.4) is 0 Å². The molecule has 1 amide bonds. The highest BCUT2D eigenvalue weighted by Gasteiger charge is 2.33. The summed E-state index contributed by atoms with van der Waals surface area (Å²) >= 11 is 0. The van der Waals surface area contributed by atoms with E-state index in [4.69, 9.17) is 0 Å². The number of amides is 1. The van der Waals surface area contributed by atoms with Gasteiger partial charge >= 0.3 is 0 Å². The minimum Gasteiger partial charge on any atom is -0.390 e. The molecule has 1 aliphatic heterocycles. The first-order valence-corrected chi connectivity index (χ1v) is 8.78. The summed E-state index contributed by atoms with van der Waals surface area (Å²) in [5, 5.41) is 10.5. The Bertz CT molecular complexity index is 671. The van der Waals surface area contributed by atoms with E-state index in [1.165, 1.54) is 0 Å². The van der Waals surface area contributed by atoms with E-state index >= 15 is 0 Å². The molecule has 24 heavy (non-hydrogen) atoms. The standard InChI is InChI=1S/C21H25NO2/c1-2-12-21(24)13-15-22(16-14-21)20(23)19-10-8-18(9-11-19)17-6-4-3-5-7-17/h3-11,24H,2,12-16H2,1H3. The highest BCUT2D eigenvalue weighted by molar-refractivity contribution is 5.94. The molecular formula is C21H25NO2. The van der Waals surface area contributed by atoms with E-state index in [0.717, 1.165) is 29.5 Å². The lowest BCUT2D eigenvalue weighted by Gasteiger charge is -2.38. The topological polar surface area (TPSA) is 40.5 Å². The van der Waals surface area contributed by atoms with Gasteiger partial charge in [-0.2, -0.15) is 0 Å². The summed E-state index contributed by atoms with van der Waals surface area (Å²) in [7, 11) is 0. The predicted octanol–water partition coefficient (Wildman–Crippen LogP) is 4.12. The Morgan fingerprint density at radius 1 is 1.00 bits per heavy atom. The van der Waals surface area contributed by atoms with Gasteiger partial charge in [-0.15, -0.1) is 0 Å². The summed E-state index contributed by atoms with van der Waals surface area (Å²) in [6, 6.07) is 18.0. The minimum absolute atomic E-state index is 0.0631. The second-order valence-corrected chi connectivity index (χ2v) is 6.71. The summed E-state index contributed by atoms with van der Waals surface area (Å²) in [6.45, 7) is 3.36. The number of piperidine rings is 1. The first kappa shape index (κ1) is 16.7. The zero-order chi connectivity index (χ0) is 17.0. The molecule has 0 unspecified atom stereocenters. The van der Waals surface area contributed by atoms with Crippen molar-refractivity contribution in [2.75, 3.05) is 13.1 Å². The Hall–Kier alpha value is -2.13. The van der Waals surface area contributed by atoms with Crippen molar-refractivity contribution in [3.05, 3.63) is 60.2 Å². The summed E-state index contributed by atoms with van der Waals surface area (Å²) in [4.78, 5) is 14.5. The molecule has 126 valence electrons. The molecule has 3 heteroatoms. The van der Waals surface area contributed by atoms with Crippen LogP contribution >= 0.6 is 0 Å². The lowest BCUT2D eigenvalue weighted by atomic mass is 9.87. The van der Waals surface area contributed by atoms with Crippen LogP contribution in [0.1, 0.15) is 43.0 Å². The maximum Gasteiger partial charge on any atom is 0.253 e.